The summed E-state index contributed by atoms with van der Waals surface area (Å²) in [5, 5.41) is 40.4. The zero-order valence-corrected chi connectivity index (χ0v) is 69.6. The Morgan fingerprint density at radius 1 is 0.368 bits per heavy atom. The van der Waals surface area contributed by atoms with Crippen LogP contribution in [0.15, 0.2) is 212 Å². The second-order valence-electron chi connectivity index (χ2n) is 31.5. The van der Waals surface area contributed by atoms with Gasteiger partial charge in [0.2, 0.25) is 47.2 Å². The normalized spacial score (nSPS) is 19.1. The third kappa shape index (κ3) is 18.3. The van der Waals surface area contributed by atoms with Crippen molar-refractivity contribution >= 4 is 83.0 Å². The average Bonchev–Trinajstić information content (AvgIpc) is 1.55. The Kier molecular flexibility index (Phi) is 26.2. The van der Waals surface area contributed by atoms with Crippen LogP contribution in [-0.2, 0) is 71.3 Å². The van der Waals surface area contributed by atoms with Gasteiger partial charge in [-0.1, -0.05) is 153 Å². The van der Waals surface area contributed by atoms with Gasteiger partial charge in [-0.3, -0.25) is 53.2 Å². The zero-order chi connectivity index (χ0) is 85.6. The molecular weight excluding hydrogens is 1620 g/mol. The molecule has 0 saturated heterocycles. The van der Waals surface area contributed by atoms with Crippen LogP contribution in [-0.4, -0.2) is 167 Å². The number of nitrogens with two attached hydrogens (primary N) is 1. The lowest BCUT2D eigenvalue weighted by molar-refractivity contribution is -0.120. The van der Waals surface area contributed by atoms with Gasteiger partial charge < -0.3 is 44.1 Å². The molecule has 2 unspecified atom stereocenters. The number of halogens is 1. The Labute approximate surface area is 726 Å². The third-order valence-electron chi connectivity index (χ3n) is 23.7. The van der Waals surface area contributed by atoms with Gasteiger partial charge >= 0.3 is 47.3 Å². The fraction of sp³-hybridized carbons (Fsp3) is 0.341. The van der Waals surface area contributed by atoms with E-state index < -0.39 is 47.9 Å². The number of carbonyl (C=O) groups is 8. The molecule has 4 aromatic carbocycles. The van der Waals surface area contributed by atoms with E-state index in [-0.39, 0.29) is 88.7 Å². The number of esters is 1. The first-order chi connectivity index (χ1) is 59.7. The van der Waals surface area contributed by atoms with Gasteiger partial charge in [-0.25, -0.2) is 24.7 Å². The molecule has 125 heavy (non-hydrogen) atoms. The molecule has 34 heteroatoms. The summed E-state index contributed by atoms with van der Waals surface area (Å²) < 4.78 is 27.6. The Balaban J connectivity index is 0.000000129. The fourth-order valence-corrected chi connectivity index (χ4v) is 16.1. The van der Waals surface area contributed by atoms with E-state index in [9.17, 15) is 38.4 Å². The van der Waals surface area contributed by atoms with Gasteiger partial charge in [0.15, 0.2) is 0 Å². The molecular formula is C91H95ClN20O13. The third-order valence-corrected chi connectivity index (χ3v) is 23.7. The number of aromatic nitrogens is 12. The van der Waals surface area contributed by atoms with Crippen LogP contribution in [0.1, 0.15) is 202 Å². The number of rotatable bonds is 16. The number of likely N-dealkylation sites (N-methyl/N-ethyl adjacent to an activating group) is 4. The van der Waals surface area contributed by atoms with Crippen LogP contribution >= 0.6 is 12.4 Å². The summed E-state index contributed by atoms with van der Waals surface area (Å²) in [5.41, 5.74) is 13.1. The molecule has 33 nitrogen and oxygen atoms in total. The molecule has 12 heterocycles. The summed E-state index contributed by atoms with van der Waals surface area (Å²) in [5.74, 6) is 1.12. The molecule has 4 fully saturated rings. The van der Waals surface area contributed by atoms with E-state index in [0.29, 0.717) is 92.6 Å². The minimum absolute atomic E-state index is 0. The number of carbonyl (C=O) groups excluding carboxylic acids is 8. The largest absolute Gasteiger partial charge is 0.459 e. The van der Waals surface area contributed by atoms with E-state index in [1.165, 1.54) is 14.7 Å². The quantitative estimate of drug-likeness (QED) is 0.0653. The van der Waals surface area contributed by atoms with E-state index in [1.807, 2.05) is 170 Å². The number of aryl methyl sites for hydroxylation is 4. The van der Waals surface area contributed by atoms with Gasteiger partial charge in [0.25, 0.3) is 0 Å². The van der Waals surface area contributed by atoms with Crippen LogP contribution in [0.25, 0.3) is 0 Å². The molecule has 20 rings (SSSR count). The van der Waals surface area contributed by atoms with Crippen molar-refractivity contribution in [3.8, 4) is 0 Å². The van der Waals surface area contributed by atoms with Gasteiger partial charge in [-0.2, -0.15) is 0 Å². The molecule has 12 aromatic rings. The molecule has 7 amide bonds. The van der Waals surface area contributed by atoms with E-state index in [2.05, 4.69) is 76.7 Å². The summed E-state index contributed by atoms with van der Waals surface area (Å²) in [6, 6.07) is 52.7. The summed E-state index contributed by atoms with van der Waals surface area (Å²) in [6.45, 7) is 2.03. The van der Waals surface area contributed by atoms with Crippen LogP contribution in [0.3, 0.4) is 0 Å². The first kappa shape index (κ1) is 87.4. The number of amides is 7. The highest BCUT2D eigenvalue weighted by molar-refractivity contribution is 6.03. The molecule has 8 aromatic heterocycles. The van der Waals surface area contributed by atoms with Gasteiger partial charge in [-0.15, -0.1) is 53.2 Å². The Bertz CT molecular complexity index is 5460. The first-order valence-electron chi connectivity index (χ1n) is 41.0. The summed E-state index contributed by atoms with van der Waals surface area (Å²) >= 11 is 0. The Morgan fingerprint density at radius 3 is 0.880 bits per heavy atom. The van der Waals surface area contributed by atoms with Crippen molar-refractivity contribution < 1.29 is 60.8 Å². The Hall–Kier alpha value is -14.0. The minimum atomic E-state index is -0.684. The molecule has 0 bridgehead atoms. The molecule has 4 aliphatic heterocycles. The molecule has 4 saturated carbocycles. The van der Waals surface area contributed by atoms with Crippen LogP contribution in [0.4, 0.5) is 23.3 Å². The van der Waals surface area contributed by atoms with Crippen LogP contribution in [0.5, 0.6) is 0 Å². The number of anilines is 4. The second-order valence-corrected chi connectivity index (χ2v) is 31.5. The van der Waals surface area contributed by atoms with Crippen molar-refractivity contribution in [1.82, 2.24) is 76.7 Å². The highest BCUT2D eigenvalue weighted by Gasteiger charge is 2.54. The van der Waals surface area contributed by atoms with E-state index in [4.69, 9.17) is 28.1 Å². The van der Waals surface area contributed by atoms with E-state index in [0.717, 1.165) is 108 Å². The maximum absolute atomic E-state index is 12.8. The molecule has 0 radical (unpaired) electrons. The number of hydrogen-bond acceptors (Lipinski definition) is 26. The lowest BCUT2D eigenvalue weighted by atomic mass is 9.96. The first-order valence-corrected chi connectivity index (χ1v) is 41.0. The van der Waals surface area contributed by atoms with Crippen molar-refractivity contribution in [2.45, 2.75) is 163 Å². The minimum Gasteiger partial charge on any atom is -0.459 e. The standard InChI is InChI=1S/3C22H21N5O3.C14H14N2O3.C10H13N3O.CH4.ClH/c3*1-27-17-14(6-5-13-23-17)9-10-16(20(27)29)24-18(28)19-25-26-21(30-19)22(11-12-22)15-7-3-2-4-8-15;1-2-18-12(17)11-15-16-13(19-11)14(8-9-14)10-6-4-3-5-7-10;1-13-9-7(3-2-6-12-9)4-5-8(11)10(13)14;;/h3*2-8,13,16H,9-12H2,1H3,(H,24,28);3-7H,2,8-9H2,1H3;2-3,6,8H,4-5,11H2,1H3;1H4;1H/t2*16-;;;;;/m10...../s1. The second kappa shape index (κ2) is 37.4. The fourth-order valence-electron chi connectivity index (χ4n) is 16.1. The monoisotopic (exact) mass is 1710 g/mol. The predicted octanol–water partition coefficient (Wildman–Crippen LogP) is 10.5. The number of hydrogen-bond donors (Lipinski definition) is 4. The number of pyridine rings is 4. The highest BCUT2D eigenvalue weighted by atomic mass is 35.5. The zero-order valence-electron chi connectivity index (χ0n) is 68.8. The van der Waals surface area contributed by atoms with Gasteiger partial charge in [0.05, 0.1) is 34.3 Å². The van der Waals surface area contributed by atoms with Gasteiger partial charge in [0.1, 0.15) is 41.4 Å². The molecule has 4 atom stereocenters. The molecule has 8 aliphatic rings. The summed E-state index contributed by atoms with van der Waals surface area (Å²) in [7, 11) is 6.72. The van der Waals surface area contributed by atoms with Crippen molar-refractivity contribution in [1.29, 1.82) is 0 Å². The average molecular weight is 1710 g/mol. The van der Waals surface area contributed by atoms with Crippen LogP contribution in [0.2, 0.25) is 0 Å². The van der Waals surface area contributed by atoms with Gasteiger partial charge in [0, 0.05) is 53.0 Å². The number of fused-ring (bicyclic) bond motifs is 4. The lowest BCUT2D eigenvalue weighted by Crippen LogP contribution is -2.47. The van der Waals surface area contributed by atoms with Crippen molar-refractivity contribution in [2.24, 2.45) is 5.73 Å². The van der Waals surface area contributed by atoms with Crippen LogP contribution < -0.4 is 41.3 Å². The van der Waals surface area contributed by atoms with Crippen molar-refractivity contribution in [3.05, 3.63) is 286 Å². The number of benzene rings is 4. The number of nitrogens with one attached hydrogen (secondary N) is 3. The van der Waals surface area contributed by atoms with E-state index in [1.54, 1.807) is 64.8 Å². The smallest absolute Gasteiger partial charge is 0.396 e. The maximum Gasteiger partial charge on any atom is 0.396 e. The van der Waals surface area contributed by atoms with Crippen molar-refractivity contribution in [2.75, 3.05) is 54.4 Å². The van der Waals surface area contributed by atoms with Crippen molar-refractivity contribution in [3.63, 3.8) is 0 Å². The SMILES string of the molecule is C.CCOC(=O)c1nnc(C2(c3ccccc3)CC2)o1.CN1C(=O)C(N)CCc2cccnc21.CN1C(=O)C(NC(=O)c2nnc(C3(c4ccccc4)CC3)o2)CCc2cccnc21.CN1C(=O)[C@@H](NC(=O)c2nnc(C3(c4ccccc4)CC3)o2)CCc2cccnc21.CN1C(=O)[C@H](NC(=O)c2nnc(C3(c4ccccc4)CC3)o2)CCc2cccnc21.Cl. The predicted molar refractivity (Wildman–Crippen MR) is 459 cm³/mol. The molecule has 644 valence electrons. The van der Waals surface area contributed by atoms with Crippen LogP contribution in [0, 0.1) is 0 Å². The number of nitrogens with zero attached hydrogens (tertiary/aromatic N) is 16. The molecule has 0 spiro atoms. The summed E-state index contributed by atoms with van der Waals surface area (Å²) in [4.78, 5) is 123. The number of ether oxygens (including phenoxy) is 1. The summed E-state index contributed by atoms with van der Waals surface area (Å²) in [6.07, 6.45) is 18.8. The maximum atomic E-state index is 12.8. The molecule has 4 aliphatic carbocycles. The van der Waals surface area contributed by atoms with Gasteiger partial charge in [-0.05, 0) is 178 Å². The highest BCUT2D eigenvalue weighted by Crippen LogP contribution is 2.56. The Morgan fingerprint density at radius 2 is 0.616 bits per heavy atom. The molecule has 5 N–H and O–H groups in total. The van der Waals surface area contributed by atoms with E-state index >= 15 is 0 Å². The topological polar surface area (TPSA) is 428 Å². The lowest BCUT2D eigenvalue weighted by Gasteiger charge is -2.20.